The Labute approximate surface area is 243 Å². The predicted molar refractivity (Wildman–Crippen MR) is 156 cm³/mol. The van der Waals surface area contributed by atoms with Gasteiger partial charge in [-0.05, 0) is 54.7 Å². The first-order valence-electron chi connectivity index (χ1n) is 13.6. The van der Waals surface area contributed by atoms with E-state index in [2.05, 4.69) is 0 Å². The monoisotopic (exact) mass is 593 g/mol. The van der Waals surface area contributed by atoms with Crippen LogP contribution in [0.25, 0.3) is 0 Å². The van der Waals surface area contributed by atoms with Crippen LogP contribution in [-0.2, 0) is 37.3 Å². The molecule has 1 aliphatic rings. The van der Waals surface area contributed by atoms with Gasteiger partial charge in [-0.2, -0.15) is 4.31 Å². The van der Waals surface area contributed by atoms with Gasteiger partial charge in [-0.25, -0.2) is 8.42 Å². The largest absolute Gasteiger partial charge is 0.497 e. The van der Waals surface area contributed by atoms with E-state index in [1.807, 2.05) is 41.3 Å². The molecule has 0 N–H and O–H groups in total. The van der Waals surface area contributed by atoms with E-state index in [-0.39, 0.29) is 43.3 Å². The SMILES string of the molecule is CCCS(=O)(=O)N(CCOC)CC(=O)N(Cc1ccc(Cl)cc1)C1CCN(C(=O)Cc2ccc(OC)cc2)CC1. The van der Waals surface area contributed by atoms with Gasteiger partial charge in [0.05, 0.1) is 32.4 Å². The average Bonchev–Trinajstić information content (AvgIpc) is 2.95. The van der Waals surface area contributed by atoms with Gasteiger partial charge in [0.15, 0.2) is 0 Å². The number of piperidine rings is 1. The molecule has 0 saturated carbocycles. The van der Waals surface area contributed by atoms with Crippen molar-refractivity contribution in [3.8, 4) is 5.75 Å². The summed E-state index contributed by atoms with van der Waals surface area (Å²) in [4.78, 5) is 30.3. The molecule has 2 amide bonds. The molecule has 1 fully saturated rings. The van der Waals surface area contributed by atoms with Crippen molar-refractivity contribution in [2.24, 2.45) is 0 Å². The number of carbonyl (C=O) groups excluding carboxylic acids is 2. The van der Waals surface area contributed by atoms with Crippen molar-refractivity contribution in [3.05, 3.63) is 64.7 Å². The highest BCUT2D eigenvalue weighted by Crippen LogP contribution is 2.22. The Balaban J connectivity index is 1.72. The van der Waals surface area contributed by atoms with Crippen LogP contribution >= 0.6 is 11.6 Å². The van der Waals surface area contributed by atoms with Crippen LogP contribution in [0.15, 0.2) is 48.5 Å². The smallest absolute Gasteiger partial charge is 0.238 e. The third-order valence-corrected chi connectivity index (χ3v) is 9.35. The van der Waals surface area contributed by atoms with E-state index < -0.39 is 10.0 Å². The van der Waals surface area contributed by atoms with E-state index in [0.29, 0.717) is 50.3 Å². The number of halogens is 1. The minimum Gasteiger partial charge on any atom is -0.497 e. The lowest BCUT2D eigenvalue weighted by molar-refractivity contribution is -0.137. The van der Waals surface area contributed by atoms with Crippen LogP contribution < -0.4 is 4.74 Å². The first kappa shape index (κ1) is 31.9. The van der Waals surface area contributed by atoms with E-state index in [1.54, 1.807) is 31.1 Å². The number of rotatable bonds is 14. The topological polar surface area (TPSA) is 96.5 Å². The summed E-state index contributed by atoms with van der Waals surface area (Å²) >= 11 is 6.07. The first-order valence-corrected chi connectivity index (χ1v) is 15.6. The number of ether oxygens (including phenoxy) is 2. The van der Waals surface area contributed by atoms with Crippen LogP contribution in [0.2, 0.25) is 5.02 Å². The van der Waals surface area contributed by atoms with E-state index in [4.69, 9.17) is 21.1 Å². The molecule has 220 valence electrons. The van der Waals surface area contributed by atoms with Crippen LogP contribution in [0.3, 0.4) is 0 Å². The van der Waals surface area contributed by atoms with Gasteiger partial charge in [0, 0.05) is 44.4 Å². The molecule has 1 heterocycles. The third-order valence-electron chi connectivity index (χ3n) is 7.07. The van der Waals surface area contributed by atoms with Crippen LogP contribution in [0, 0.1) is 0 Å². The number of benzene rings is 2. The van der Waals surface area contributed by atoms with Crippen molar-refractivity contribution in [2.45, 2.75) is 45.2 Å². The van der Waals surface area contributed by atoms with Gasteiger partial charge in [-0.15, -0.1) is 0 Å². The number of methoxy groups -OCH3 is 2. The molecule has 1 saturated heterocycles. The molecule has 11 heteroatoms. The van der Waals surface area contributed by atoms with E-state index in [1.165, 1.54) is 11.4 Å². The van der Waals surface area contributed by atoms with Gasteiger partial charge in [0.1, 0.15) is 5.75 Å². The summed E-state index contributed by atoms with van der Waals surface area (Å²) in [7, 11) is -0.502. The summed E-state index contributed by atoms with van der Waals surface area (Å²) in [5, 5.41) is 0.599. The van der Waals surface area contributed by atoms with Gasteiger partial charge in [-0.1, -0.05) is 42.8 Å². The molecular formula is C29H40ClN3O6S. The van der Waals surface area contributed by atoms with Gasteiger partial charge in [0.25, 0.3) is 0 Å². The Morgan fingerprint density at radius 1 is 1.00 bits per heavy atom. The molecule has 9 nitrogen and oxygen atoms in total. The van der Waals surface area contributed by atoms with Crippen LogP contribution in [0.1, 0.15) is 37.3 Å². The van der Waals surface area contributed by atoms with Crippen molar-refractivity contribution in [2.75, 3.05) is 52.8 Å². The number of hydrogen-bond acceptors (Lipinski definition) is 6. The Hall–Kier alpha value is -2.66. The third kappa shape index (κ3) is 9.19. The summed E-state index contributed by atoms with van der Waals surface area (Å²) in [5.41, 5.74) is 1.81. The van der Waals surface area contributed by atoms with Crippen LogP contribution in [0.4, 0.5) is 0 Å². The maximum absolute atomic E-state index is 13.7. The van der Waals surface area contributed by atoms with Gasteiger partial charge < -0.3 is 19.3 Å². The molecule has 2 aromatic rings. The van der Waals surface area contributed by atoms with E-state index in [0.717, 1.165) is 16.9 Å². The Morgan fingerprint density at radius 2 is 1.62 bits per heavy atom. The summed E-state index contributed by atoms with van der Waals surface area (Å²) in [6, 6.07) is 14.6. The second kappa shape index (κ2) is 15.4. The molecule has 0 radical (unpaired) electrons. The molecule has 40 heavy (non-hydrogen) atoms. The normalized spacial score (nSPS) is 14.4. The number of sulfonamides is 1. The van der Waals surface area contributed by atoms with Gasteiger partial charge in [0.2, 0.25) is 21.8 Å². The first-order chi connectivity index (χ1) is 19.2. The summed E-state index contributed by atoms with van der Waals surface area (Å²) in [6.45, 7) is 3.21. The van der Waals surface area contributed by atoms with Crippen LogP contribution in [-0.4, -0.2) is 93.1 Å². The second-order valence-corrected chi connectivity index (χ2v) is 12.5. The number of carbonyl (C=O) groups is 2. The van der Waals surface area contributed by atoms with Crippen molar-refractivity contribution >= 4 is 33.4 Å². The zero-order valence-corrected chi connectivity index (χ0v) is 25.1. The highest BCUT2D eigenvalue weighted by Gasteiger charge is 2.32. The number of amides is 2. The fraction of sp³-hybridized carbons (Fsp3) is 0.517. The average molecular weight is 594 g/mol. The minimum atomic E-state index is -3.61. The molecule has 0 aliphatic carbocycles. The maximum atomic E-state index is 13.7. The summed E-state index contributed by atoms with van der Waals surface area (Å²) in [5.74, 6) is 0.477. The van der Waals surface area contributed by atoms with E-state index in [9.17, 15) is 18.0 Å². The number of hydrogen-bond donors (Lipinski definition) is 0. The standard InChI is InChI=1S/C29H40ClN3O6S/c1-4-19-40(36,37)32(17-18-38-2)22-29(35)33(21-24-5-9-25(30)10-6-24)26-13-15-31(16-14-26)28(34)20-23-7-11-27(39-3)12-8-23/h5-12,26H,4,13-22H2,1-3H3. The van der Waals surface area contributed by atoms with Gasteiger partial charge in [-0.3, -0.25) is 9.59 Å². The lowest BCUT2D eigenvalue weighted by atomic mass is 10.0. The molecular weight excluding hydrogens is 554 g/mol. The van der Waals surface area contributed by atoms with Crippen molar-refractivity contribution in [3.63, 3.8) is 0 Å². The molecule has 2 aromatic carbocycles. The zero-order valence-electron chi connectivity index (χ0n) is 23.6. The highest BCUT2D eigenvalue weighted by atomic mass is 35.5. The molecule has 1 aliphatic heterocycles. The molecule has 0 aromatic heterocycles. The maximum Gasteiger partial charge on any atom is 0.238 e. The summed E-state index contributed by atoms with van der Waals surface area (Å²) in [6.07, 6.45) is 1.96. The fourth-order valence-electron chi connectivity index (χ4n) is 4.80. The quantitative estimate of drug-likeness (QED) is 0.332. The van der Waals surface area contributed by atoms with Crippen LogP contribution in [0.5, 0.6) is 5.75 Å². The van der Waals surface area contributed by atoms with Crippen molar-refractivity contribution < 1.29 is 27.5 Å². The van der Waals surface area contributed by atoms with Crippen molar-refractivity contribution in [1.82, 2.24) is 14.1 Å². The minimum absolute atomic E-state index is 0.0319. The summed E-state index contributed by atoms with van der Waals surface area (Å²) < 4.78 is 37.3. The predicted octanol–water partition coefficient (Wildman–Crippen LogP) is 3.60. The molecule has 0 atom stereocenters. The highest BCUT2D eigenvalue weighted by molar-refractivity contribution is 7.89. The molecule has 3 rings (SSSR count). The Morgan fingerprint density at radius 3 is 2.20 bits per heavy atom. The number of nitrogens with zero attached hydrogens (tertiary/aromatic N) is 3. The Kier molecular flexibility index (Phi) is 12.2. The molecule has 0 bridgehead atoms. The molecule has 0 unspecified atom stereocenters. The van der Waals surface area contributed by atoms with E-state index >= 15 is 0 Å². The lowest BCUT2D eigenvalue weighted by Gasteiger charge is -2.39. The fourth-order valence-corrected chi connectivity index (χ4v) is 6.36. The zero-order chi connectivity index (χ0) is 29.1. The number of likely N-dealkylation sites (tertiary alicyclic amines) is 1. The van der Waals surface area contributed by atoms with Crippen molar-refractivity contribution in [1.29, 1.82) is 0 Å². The Bertz CT molecular complexity index is 1200. The van der Waals surface area contributed by atoms with Gasteiger partial charge >= 0.3 is 0 Å². The lowest BCUT2D eigenvalue weighted by Crippen LogP contribution is -2.52. The second-order valence-electron chi connectivity index (χ2n) is 9.93. The molecule has 0 spiro atoms.